The summed E-state index contributed by atoms with van der Waals surface area (Å²) in [5, 5.41) is 4.37. The Bertz CT molecular complexity index is 651. The topological polar surface area (TPSA) is 69.9 Å². The van der Waals surface area contributed by atoms with Gasteiger partial charge >= 0.3 is 5.97 Å². The van der Waals surface area contributed by atoms with E-state index in [1.54, 1.807) is 11.6 Å². The predicted octanol–water partition coefficient (Wildman–Crippen LogP) is 2.14. The Balaban J connectivity index is 2.69. The van der Waals surface area contributed by atoms with Crippen LogP contribution in [0.25, 0.3) is 5.82 Å². The van der Waals surface area contributed by atoms with Crippen LogP contribution in [0.4, 0.5) is 0 Å². The van der Waals surface area contributed by atoms with Gasteiger partial charge in [-0.25, -0.2) is 19.4 Å². The fraction of sp³-hybridized carbons (Fsp3) is 0.333. The van der Waals surface area contributed by atoms with Crippen molar-refractivity contribution in [3.63, 3.8) is 0 Å². The molecule has 0 aliphatic rings. The van der Waals surface area contributed by atoms with Crippen LogP contribution in [-0.2, 0) is 4.74 Å². The Kier molecular flexibility index (Phi) is 3.66. The number of carbonyl (C=O) groups excluding carboxylic acids is 1. The van der Waals surface area contributed by atoms with Gasteiger partial charge in [-0.05, 0) is 36.7 Å². The average molecular weight is 325 g/mol. The molecule has 0 aliphatic heterocycles. The lowest BCUT2D eigenvalue weighted by atomic mass is 10.3. The molecule has 100 valence electrons. The second-order valence-corrected chi connectivity index (χ2v) is 4.84. The fourth-order valence-corrected chi connectivity index (χ4v) is 1.95. The Morgan fingerprint density at radius 1 is 1.37 bits per heavy atom. The van der Waals surface area contributed by atoms with Crippen molar-refractivity contribution in [3.05, 3.63) is 33.4 Å². The zero-order valence-corrected chi connectivity index (χ0v) is 12.6. The summed E-state index contributed by atoms with van der Waals surface area (Å²) in [4.78, 5) is 20.1. The number of hydrogen-bond acceptors (Lipinski definition) is 5. The highest BCUT2D eigenvalue weighted by atomic mass is 79.9. The van der Waals surface area contributed by atoms with E-state index in [0.717, 1.165) is 15.9 Å². The van der Waals surface area contributed by atoms with E-state index in [1.807, 2.05) is 13.8 Å². The number of ether oxygens (including phenoxy) is 1. The molecule has 6 nitrogen and oxygen atoms in total. The summed E-state index contributed by atoms with van der Waals surface area (Å²) in [6, 6.07) is 0. The number of carbonyl (C=O) groups is 1. The van der Waals surface area contributed by atoms with Gasteiger partial charge in [-0.15, -0.1) is 0 Å². The van der Waals surface area contributed by atoms with Crippen molar-refractivity contribution in [2.75, 3.05) is 7.11 Å². The molecular formula is C12H13BrN4O2. The first-order chi connectivity index (χ1) is 8.95. The fourth-order valence-electron chi connectivity index (χ4n) is 1.70. The summed E-state index contributed by atoms with van der Waals surface area (Å²) in [7, 11) is 1.32. The van der Waals surface area contributed by atoms with Gasteiger partial charge in [0.15, 0.2) is 5.82 Å². The van der Waals surface area contributed by atoms with Gasteiger partial charge in [-0.2, -0.15) is 5.10 Å². The van der Waals surface area contributed by atoms with Gasteiger partial charge < -0.3 is 4.74 Å². The zero-order valence-electron chi connectivity index (χ0n) is 11.1. The predicted molar refractivity (Wildman–Crippen MR) is 72.4 cm³/mol. The molecule has 0 aromatic carbocycles. The summed E-state index contributed by atoms with van der Waals surface area (Å²) in [6.07, 6.45) is 1.45. The maximum atomic E-state index is 11.8. The van der Waals surface area contributed by atoms with Crippen LogP contribution in [0.2, 0.25) is 0 Å². The first-order valence-corrected chi connectivity index (χ1v) is 6.39. The van der Waals surface area contributed by atoms with Crippen molar-refractivity contribution in [1.82, 2.24) is 19.7 Å². The van der Waals surface area contributed by atoms with Crippen molar-refractivity contribution in [3.8, 4) is 5.82 Å². The number of methoxy groups -OCH3 is 1. The van der Waals surface area contributed by atoms with Gasteiger partial charge in [0, 0.05) is 6.20 Å². The zero-order chi connectivity index (χ0) is 14.2. The lowest BCUT2D eigenvalue weighted by Gasteiger charge is -2.09. The standard InChI is InChI=1S/C12H13BrN4O2/c1-6-10(13)7(2)17(16-6)11-9(12(18)19-4)5-14-8(3)15-11/h5H,1-4H3. The largest absolute Gasteiger partial charge is 0.465 e. The molecule has 0 fully saturated rings. The Morgan fingerprint density at radius 2 is 2.05 bits per heavy atom. The molecule has 0 saturated heterocycles. The average Bonchev–Trinajstić information content (AvgIpc) is 2.65. The molecule has 0 bridgehead atoms. The molecule has 2 aromatic rings. The third-order valence-electron chi connectivity index (χ3n) is 2.70. The SMILES string of the molecule is COC(=O)c1cnc(C)nc1-n1nc(C)c(Br)c1C. The Hall–Kier alpha value is -1.76. The molecule has 0 amide bonds. The van der Waals surface area contributed by atoms with E-state index < -0.39 is 5.97 Å². The third-order valence-corrected chi connectivity index (χ3v) is 3.85. The molecule has 2 heterocycles. The second kappa shape index (κ2) is 5.08. The van der Waals surface area contributed by atoms with Crippen molar-refractivity contribution in [2.45, 2.75) is 20.8 Å². The van der Waals surface area contributed by atoms with Gasteiger partial charge in [-0.3, -0.25) is 0 Å². The highest BCUT2D eigenvalue weighted by molar-refractivity contribution is 9.10. The minimum Gasteiger partial charge on any atom is -0.465 e. The second-order valence-electron chi connectivity index (χ2n) is 4.04. The number of halogens is 1. The van der Waals surface area contributed by atoms with Crippen molar-refractivity contribution >= 4 is 21.9 Å². The minimum absolute atomic E-state index is 0.284. The van der Waals surface area contributed by atoms with E-state index in [-0.39, 0.29) is 5.56 Å². The van der Waals surface area contributed by atoms with Gasteiger partial charge in [0.05, 0.1) is 23.0 Å². The molecule has 0 saturated carbocycles. The van der Waals surface area contributed by atoms with Gasteiger partial charge in [-0.1, -0.05) is 0 Å². The van der Waals surface area contributed by atoms with Crippen LogP contribution in [0.5, 0.6) is 0 Å². The maximum absolute atomic E-state index is 11.8. The van der Waals surface area contributed by atoms with Crippen LogP contribution in [0.1, 0.15) is 27.6 Å². The Labute approximate surface area is 119 Å². The molecular weight excluding hydrogens is 312 g/mol. The van der Waals surface area contributed by atoms with Crippen LogP contribution in [-0.4, -0.2) is 32.8 Å². The molecule has 0 atom stereocenters. The first-order valence-electron chi connectivity index (χ1n) is 5.59. The van der Waals surface area contributed by atoms with Crippen LogP contribution >= 0.6 is 15.9 Å². The quantitative estimate of drug-likeness (QED) is 0.791. The van der Waals surface area contributed by atoms with Crippen LogP contribution in [0.3, 0.4) is 0 Å². The lowest BCUT2D eigenvalue weighted by Crippen LogP contribution is -2.13. The van der Waals surface area contributed by atoms with Gasteiger partial charge in [0.1, 0.15) is 11.4 Å². The number of aromatic nitrogens is 4. The maximum Gasteiger partial charge on any atom is 0.343 e. The van der Waals surface area contributed by atoms with E-state index in [4.69, 9.17) is 4.74 Å². The number of esters is 1. The van der Waals surface area contributed by atoms with Gasteiger partial charge in [0.25, 0.3) is 0 Å². The van der Waals surface area contributed by atoms with E-state index in [9.17, 15) is 4.79 Å². The molecule has 0 aliphatic carbocycles. The van der Waals surface area contributed by atoms with Gasteiger partial charge in [0.2, 0.25) is 0 Å². The van der Waals surface area contributed by atoms with E-state index in [2.05, 4.69) is 31.0 Å². The number of aryl methyl sites for hydroxylation is 2. The van der Waals surface area contributed by atoms with Crippen LogP contribution in [0.15, 0.2) is 10.7 Å². The molecule has 0 unspecified atom stereocenters. The van der Waals surface area contributed by atoms with Crippen molar-refractivity contribution < 1.29 is 9.53 Å². The molecule has 2 rings (SSSR count). The summed E-state index contributed by atoms with van der Waals surface area (Å²) in [5.74, 6) is 0.496. The molecule has 19 heavy (non-hydrogen) atoms. The molecule has 2 aromatic heterocycles. The Morgan fingerprint density at radius 3 is 2.58 bits per heavy atom. The lowest BCUT2D eigenvalue weighted by molar-refractivity contribution is 0.0599. The van der Waals surface area contributed by atoms with Crippen molar-refractivity contribution in [2.24, 2.45) is 0 Å². The third kappa shape index (κ3) is 2.37. The van der Waals surface area contributed by atoms with Crippen LogP contribution < -0.4 is 0 Å². The number of hydrogen-bond donors (Lipinski definition) is 0. The highest BCUT2D eigenvalue weighted by Crippen LogP contribution is 2.23. The molecule has 0 radical (unpaired) electrons. The summed E-state index contributed by atoms with van der Waals surface area (Å²) >= 11 is 3.45. The normalized spacial score (nSPS) is 10.6. The monoisotopic (exact) mass is 324 g/mol. The van der Waals surface area contributed by atoms with E-state index in [1.165, 1.54) is 13.3 Å². The van der Waals surface area contributed by atoms with E-state index >= 15 is 0 Å². The van der Waals surface area contributed by atoms with Crippen molar-refractivity contribution in [1.29, 1.82) is 0 Å². The first kappa shape index (κ1) is 13.7. The number of nitrogens with zero attached hydrogens (tertiary/aromatic N) is 4. The smallest absolute Gasteiger partial charge is 0.343 e. The van der Waals surface area contributed by atoms with Crippen LogP contribution in [0, 0.1) is 20.8 Å². The molecule has 0 N–H and O–H groups in total. The summed E-state index contributed by atoms with van der Waals surface area (Å²) < 4.78 is 7.24. The minimum atomic E-state index is -0.487. The molecule has 7 heteroatoms. The van der Waals surface area contributed by atoms with E-state index in [0.29, 0.717) is 11.6 Å². The summed E-state index contributed by atoms with van der Waals surface area (Å²) in [5.41, 5.74) is 1.97. The summed E-state index contributed by atoms with van der Waals surface area (Å²) in [6.45, 7) is 5.52. The highest BCUT2D eigenvalue weighted by Gasteiger charge is 2.20. The number of rotatable bonds is 2. The molecule has 0 spiro atoms.